The number of carbonyl (C=O) groups is 2. The second kappa shape index (κ2) is 9.34. The Balaban J connectivity index is 1.81. The minimum atomic E-state index is -0.651. The molecule has 4 aromatic rings. The Morgan fingerprint density at radius 3 is 2.46 bits per heavy atom. The van der Waals surface area contributed by atoms with Crippen molar-refractivity contribution in [1.29, 1.82) is 0 Å². The lowest BCUT2D eigenvalue weighted by Crippen LogP contribution is -2.18. The van der Waals surface area contributed by atoms with E-state index >= 15 is 0 Å². The number of amides is 1. The molecule has 35 heavy (non-hydrogen) atoms. The largest absolute Gasteiger partial charge is 0.462 e. The fourth-order valence-electron chi connectivity index (χ4n) is 3.85. The van der Waals surface area contributed by atoms with Gasteiger partial charge in [-0.3, -0.25) is 14.9 Å². The number of aromatic nitrogens is 3. The van der Waals surface area contributed by atoms with Gasteiger partial charge in [0, 0.05) is 23.1 Å². The number of rotatable bonds is 6. The van der Waals surface area contributed by atoms with Crippen molar-refractivity contribution < 1.29 is 19.2 Å². The second-order valence-corrected chi connectivity index (χ2v) is 8.07. The fourth-order valence-corrected chi connectivity index (χ4v) is 3.85. The number of esters is 1. The molecule has 0 unspecified atom stereocenters. The number of nitrogens with one attached hydrogen (secondary N) is 1. The van der Waals surface area contributed by atoms with Crippen LogP contribution in [0.2, 0.25) is 0 Å². The molecule has 178 valence electrons. The number of benzene rings is 2. The van der Waals surface area contributed by atoms with E-state index in [1.165, 1.54) is 35.1 Å². The molecule has 10 heteroatoms. The number of hydrogen-bond donors (Lipinski definition) is 1. The third kappa shape index (κ3) is 4.58. The number of nitro benzene ring substituents is 1. The molecule has 10 nitrogen and oxygen atoms in total. The summed E-state index contributed by atoms with van der Waals surface area (Å²) in [5, 5.41) is 18.9. The summed E-state index contributed by atoms with van der Waals surface area (Å²) in [6.07, 6.45) is 1.31. The van der Waals surface area contributed by atoms with Crippen LogP contribution in [-0.4, -0.2) is 38.2 Å². The van der Waals surface area contributed by atoms with Gasteiger partial charge in [0.05, 0.1) is 23.2 Å². The van der Waals surface area contributed by atoms with Crippen molar-refractivity contribution in [2.45, 2.75) is 27.7 Å². The molecule has 0 radical (unpaired) electrons. The van der Waals surface area contributed by atoms with Crippen LogP contribution in [0.3, 0.4) is 0 Å². The lowest BCUT2D eigenvalue weighted by molar-refractivity contribution is -0.384. The molecule has 0 aliphatic carbocycles. The first-order valence-electron chi connectivity index (χ1n) is 10.9. The van der Waals surface area contributed by atoms with Gasteiger partial charge in [-0.05, 0) is 63.1 Å². The van der Waals surface area contributed by atoms with E-state index in [4.69, 9.17) is 9.72 Å². The van der Waals surface area contributed by atoms with Crippen LogP contribution in [0.15, 0.2) is 48.7 Å². The quantitative estimate of drug-likeness (QED) is 0.244. The Kier molecular flexibility index (Phi) is 6.28. The van der Waals surface area contributed by atoms with Gasteiger partial charge in [-0.2, -0.15) is 9.78 Å². The molecule has 1 amide bonds. The fraction of sp³-hybridized carbons (Fsp3) is 0.200. The summed E-state index contributed by atoms with van der Waals surface area (Å²) in [5.41, 5.74) is 3.94. The van der Waals surface area contributed by atoms with Gasteiger partial charge in [-0.25, -0.2) is 9.78 Å². The number of non-ortho nitro benzene ring substituents is 1. The maximum absolute atomic E-state index is 13.0. The molecule has 0 saturated carbocycles. The maximum atomic E-state index is 13.0. The first kappa shape index (κ1) is 23.6. The lowest BCUT2D eigenvalue weighted by Gasteiger charge is -2.13. The van der Waals surface area contributed by atoms with E-state index in [2.05, 4.69) is 16.5 Å². The third-order valence-electron chi connectivity index (χ3n) is 5.50. The number of nitro groups is 1. The number of aryl methyl sites for hydroxylation is 3. The monoisotopic (exact) mass is 473 g/mol. The highest BCUT2D eigenvalue weighted by Crippen LogP contribution is 2.27. The summed E-state index contributed by atoms with van der Waals surface area (Å²) in [6, 6.07) is 11.0. The highest BCUT2D eigenvalue weighted by atomic mass is 16.6. The number of hydrogen-bond acceptors (Lipinski definition) is 7. The van der Waals surface area contributed by atoms with E-state index in [0.717, 1.165) is 27.6 Å². The molecule has 0 aliphatic rings. The van der Waals surface area contributed by atoms with Crippen molar-refractivity contribution in [2.24, 2.45) is 0 Å². The molecule has 0 saturated heterocycles. The molecular weight excluding hydrogens is 450 g/mol. The highest BCUT2D eigenvalue weighted by molar-refractivity contribution is 6.07. The zero-order valence-corrected chi connectivity index (χ0v) is 19.7. The van der Waals surface area contributed by atoms with Gasteiger partial charge in [0.1, 0.15) is 5.56 Å². The van der Waals surface area contributed by atoms with Crippen molar-refractivity contribution in [2.75, 3.05) is 11.9 Å². The van der Waals surface area contributed by atoms with E-state index < -0.39 is 16.8 Å². The Bertz CT molecular complexity index is 1470. The molecule has 0 fully saturated rings. The average molecular weight is 473 g/mol. The molecule has 0 spiro atoms. The van der Waals surface area contributed by atoms with Crippen molar-refractivity contribution in [3.63, 3.8) is 0 Å². The number of anilines is 1. The minimum absolute atomic E-state index is 0.0577. The number of nitrogens with zero attached hydrogens (tertiary/aromatic N) is 4. The number of pyridine rings is 1. The zero-order chi connectivity index (χ0) is 25.3. The average Bonchev–Trinajstić information content (AvgIpc) is 3.23. The Hall–Kier alpha value is -4.60. The topological polar surface area (TPSA) is 129 Å². The van der Waals surface area contributed by atoms with Crippen LogP contribution in [0.5, 0.6) is 0 Å². The van der Waals surface area contributed by atoms with Gasteiger partial charge >= 0.3 is 5.97 Å². The van der Waals surface area contributed by atoms with Gasteiger partial charge < -0.3 is 10.1 Å². The van der Waals surface area contributed by atoms with E-state index in [-0.39, 0.29) is 29.2 Å². The molecule has 4 rings (SSSR count). The third-order valence-corrected chi connectivity index (χ3v) is 5.50. The highest BCUT2D eigenvalue weighted by Gasteiger charge is 2.23. The van der Waals surface area contributed by atoms with Crippen molar-refractivity contribution in [1.82, 2.24) is 14.8 Å². The maximum Gasteiger partial charge on any atom is 0.343 e. The summed E-state index contributed by atoms with van der Waals surface area (Å²) in [6.45, 7) is 7.76. The summed E-state index contributed by atoms with van der Waals surface area (Å²) in [4.78, 5) is 40.7. The van der Waals surface area contributed by atoms with Crippen LogP contribution in [-0.2, 0) is 4.74 Å². The summed E-state index contributed by atoms with van der Waals surface area (Å²) >= 11 is 0. The van der Waals surface area contributed by atoms with E-state index in [1.807, 2.05) is 32.9 Å². The van der Waals surface area contributed by atoms with Crippen LogP contribution >= 0.6 is 0 Å². The Morgan fingerprint density at radius 2 is 1.80 bits per heavy atom. The van der Waals surface area contributed by atoms with Crippen LogP contribution in [0.1, 0.15) is 44.3 Å². The Labute approximate surface area is 200 Å². The normalized spacial score (nSPS) is 10.9. The van der Waals surface area contributed by atoms with Crippen LogP contribution in [0.25, 0.3) is 16.7 Å². The van der Waals surface area contributed by atoms with E-state index in [9.17, 15) is 19.7 Å². The van der Waals surface area contributed by atoms with Gasteiger partial charge in [0.15, 0.2) is 11.6 Å². The molecule has 0 atom stereocenters. The van der Waals surface area contributed by atoms with E-state index in [0.29, 0.717) is 5.82 Å². The SMILES string of the molecule is CCOC(=O)c1cnn(-c2cc(C)c3cc(C)cc(C)c3n2)c1NC(=O)c1ccc([N+](=O)[O-])cc1. The standard InChI is InChI=1S/C25H23N5O5/c1-5-35-25(32)20-13-26-29(21-12-15(3)19-11-14(2)10-16(4)22(19)27-21)23(20)28-24(31)17-6-8-18(9-7-17)30(33)34/h6-13H,5H2,1-4H3,(H,28,31). The van der Waals surface area contributed by atoms with E-state index in [1.54, 1.807) is 6.92 Å². The predicted octanol–water partition coefficient (Wildman–Crippen LogP) is 4.68. The first-order valence-corrected chi connectivity index (χ1v) is 10.9. The zero-order valence-electron chi connectivity index (χ0n) is 19.7. The van der Waals surface area contributed by atoms with Crippen molar-refractivity contribution in [3.8, 4) is 5.82 Å². The van der Waals surface area contributed by atoms with Gasteiger partial charge in [0.25, 0.3) is 11.6 Å². The summed E-state index contributed by atoms with van der Waals surface area (Å²) < 4.78 is 6.51. The van der Waals surface area contributed by atoms with Crippen LogP contribution < -0.4 is 5.32 Å². The number of fused-ring (bicyclic) bond motifs is 1. The molecule has 0 bridgehead atoms. The van der Waals surface area contributed by atoms with Crippen molar-refractivity contribution >= 4 is 34.3 Å². The molecule has 1 N–H and O–H groups in total. The number of ether oxygens (including phenoxy) is 1. The van der Waals surface area contributed by atoms with Crippen LogP contribution in [0.4, 0.5) is 11.5 Å². The summed E-state index contributed by atoms with van der Waals surface area (Å²) in [5.74, 6) is -0.724. The van der Waals surface area contributed by atoms with Gasteiger partial charge in [-0.15, -0.1) is 0 Å². The smallest absolute Gasteiger partial charge is 0.343 e. The predicted molar refractivity (Wildman–Crippen MR) is 130 cm³/mol. The first-order chi connectivity index (χ1) is 16.7. The summed E-state index contributed by atoms with van der Waals surface area (Å²) in [7, 11) is 0. The van der Waals surface area contributed by atoms with Gasteiger partial charge in [0.2, 0.25) is 0 Å². The van der Waals surface area contributed by atoms with Gasteiger partial charge in [-0.1, -0.05) is 11.6 Å². The number of carbonyl (C=O) groups excluding carboxylic acids is 2. The molecular formula is C25H23N5O5. The minimum Gasteiger partial charge on any atom is -0.462 e. The second-order valence-electron chi connectivity index (χ2n) is 8.07. The Morgan fingerprint density at radius 1 is 1.09 bits per heavy atom. The molecule has 2 aromatic carbocycles. The molecule has 0 aliphatic heterocycles. The van der Waals surface area contributed by atoms with Crippen molar-refractivity contribution in [3.05, 3.63) is 86.6 Å². The molecule has 2 heterocycles. The van der Waals surface area contributed by atoms with Crippen LogP contribution in [0, 0.1) is 30.9 Å². The lowest BCUT2D eigenvalue weighted by atomic mass is 10.0. The molecule has 2 aromatic heterocycles.